The van der Waals surface area contributed by atoms with Crippen molar-refractivity contribution in [3.8, 4) is 0 Å². The monoisotopic (exact) mass is 238 g/mol. The van der Waals surface area contributed by atoms with Crippen molar-refractivity contribution in [3.63, 3.8) is 0 Å². The third kappa shape index (κ3) is 3.20. The maximum atomic E-state index is 12.1. The summed E-state index contributed by atoms with van der Waals surface area (Å²) in [5.74, 6) is 1.01. The second kappa shape index (κ2) is 5.52. The van der Waals surface area contributed by atoms with Gasteiger partial charge in [0.2, 0.25) is 11.8 Å². The Labute approximate surface area is 103 Å². The summed E-state index contributed by atoms with van der Waals surface area (Å²) in [5, 5.41) is 0. The molecule has 0 radical (unpaired) electrons. The first-order valence-corrected chi connectivity index (χ1v) is 6.72. The molecule has 96 valence electrons. The summed E-state index contributed by atoms with van der Waals surface area (Å²) in [6, 6.07) is 0. The number of piperidine rings is 2. The predicted octanol–water partition coefficient (Wildman–Crippen LogP) is 1.26. The van der Waals surface area contributed by atoms with Gasteiger partial charge in [-0.1, -0.05) is 6.92 Å². The molecule has 0 spiro atoms. The van der Waals surface area contributed by atoms with E-state index in [2.05, 4.69) is 6.92 Å². The van der Waals surface area contributed by atoms with E-state index in [1.165, 1.54) is 0 Å². The molecule has 2 amide bonds. The molecule has 0 N–H and O–H groups in total. The largest absolute Gasteiger partial charge is 0.341 e. The molecule has 2 aliphatic rings. The topological polar surface area (TPSA) is 40.6 Å². The Balaban J connectivity index is 1.82. The van der Waals surface area contributed by atoms with Crippen LogP contribution >= 0.6 is 0 Å². The summed E-state index contributed by atoms with van der Waals surface area (Å²) in [6.45, 7) is 5.02. The molecule has 0 unspecified atom stereocenters. The van der Waals surface area contributed by atoms with Gasteiger partial charge in [0.15, 0.2) is 0 Å². The predicted molar refractivity (Wildman–Crippen MR) is 65.4 cm³/mol. The fraction of sp³-hybridized carbons (Fsp3) is 0.846. The summed E-state index contributed by atoms with van der Waals surface area (Å²) in [5.41, 5.74) is 0. The summed E-state index contributed by atoms with van der Waals surface area (Å²) in [4.78, 5) is 27.3. The van der Waals surface area contributed by atoms with Crippen LogP contribution in [0.15, 0.2) is 0 Å². The van der Waals surface area contributed by atoms with Gasteiger partial charge in [-0.2, -0.15) is 0 Å². The normalized spacial score (nSPS) is 23.0. The van der Waals surface area contributed by atoms with Gasteiger partial charge in [-0.15, -0.1) is 0 Å². The van der Waals surface area contributed by atoms with Crippen LogP contribution in [0, 0.1) is 5.92 Å². The van der Waals surface area contributed by atoms with Gasteiger partial charge in [-0.25, -0.2) is 0 Å². The van der Waals surface area contributed by atoms with Crippen LogP contribution in [0.4, 0.5) is 0 Å². The molecule has 0 atom stereocenters. The van der Waals surface area contributed by atoms with Crippen LogP contribution in [0.1, 0.15) is 39.0 Å². The molecule has 2 heterocycles. The van der Waals surface area contributed by atoms with Crippen LogP contribution in [-0.2, 0) is 9.59 Å². The van der Waals surface area contributed by atoms with Gasteiger partial charge in [0, 0.05) is 26.1 Å². The molecule has 0 bridgehead atoms. The molecule has 0 aromatic rings. The Bertz CT molecular complexity index is 296. The van der Waals surface area contributed by atoms with E-state index < -0.39 is 0 Å². The maximum Gasteiger partial charge on any atom is 0.242 e. The lowest BCUT2D eigenvalue weighted by Crippen LogP contribution is -2.46. The van der Waals surface area contributed by atoms with E-state index >= 15 is 0 Å². The molecule has 0 aromatic carbocycles. The summed E-state index contributed by atoms with van der Waals surface area (Å²) < 4.78 is 0. The number of hydrogen-bond acceptors (Lipinski definition) is 2. The van der Waals surface area contributed by atoms with E-state index in [4.69, 9.17) is 0 Å². The van der Waals surface area contributed by atoms with Gasteiger partial charge in [0.25, 0.3) is 0 Å². The highest BCUT2D eigenvalue weighted by atomic mass is 16.2. The Morgan fingerprint density at radius 2 is 1.94 bits per heavy atom. The van der Waals surface area contributed by atoms with Crippen molar-refractivity contribution in [3.05, 3.63) is 0 Å². The smallest absolute Gasteiger partial charge is 0.242 e. The Hall–Kier alpha value is -1.06. The van der Waals surface area contributed by atoms with E-state index in [1.807, 2.05) is 4.90 Å². The van der Waals surface area contributed by atoms with E-state index in [0.717, 1.165) is 51.2 Å². The quantitative estimate of drug-likeness (QED) is 0.726. The third-order valence-electron chi connectivity index (χ3n) is 3.88. The van der Waals surface area contributed by atoms with Gasteiger partial charge >= 0.3 is 0 Å². The maximum absolute atomic E-state index is 12.1. The third-order valence-corrected chi connectivity index (χ3v) is 3.88. The second-order valence-corrected chi connectivity index (χ2v) is 5.34. The average molecular weight is 238 g/mol. The second-order valence-electron chi connectivity index (χ2n) is 5.34. The molecule has 2 aliphatic heterocycles. The molecule has 2 fully saturated rings. The lowest BCUT2D eigenvalue weighted by molar-refractivity contribution is -0.142. The first kappa shape index (κ1) is 12.4. The van der Waals surface area contributed by atoms with Crippen molar-refractivity contribution in [2.45, 2.75) is 39.0 Å². The SMILES string of the molecule is CC1CCN(C(=O)CN2CCCCC2=O)CC1. The molecular weight excluding hydrogens is 216 g/mol. The first-order chi connectivity index (χ1) is 8.16. The standard InChI is InChI=1S/C13H22N2O2/c1-11-5-8-14(9-6-11)13(17)10-15-7-3-2-4-12(15)16/h11H,2-10H2,1H3. The highest BCUT2D eigenvalue weighted by Gasteiger charge is 2.25. The van der Waals surface area contributed by atoms with Crippen LogP contribution in [0.5, 0.6) is 0 Å². The minimum Gasteiger partial charge on any atom is -0.341 e. The highest BCUT2D eigenvalue weighted by Crippen LogP contribution is 2.17. The van der Waals surface area contributed by atoms with E-state index in [1.54, 1.807) is 4.90 Å². The van der Waals surface area contributed by atoms with Crippen LogP contribution in [0.25, 0.3) is 0 Å². The zero-order chi connectivity index (χ0) is 12.3. The van der Waals surface area contributed by atoms with Crippen molar-refractivity contribution in [2.75, 3.05) is 26.2 Å². The zero-order valence-corrected chi connectivity index (χ0v) is 10.7. The lowest BCUT2D eigenvalue weighted by atomic mass is 9.99. The van der Waals surface area contributed by atoms with Crippen molar-refractivity contribution >= 4 is 11.8 Å². The number of nitrogens with zero attached hydrogens (tertiary/aromatic N) is 2. The van der Waals surface area contributed by atoms with E-state index in [0.29, 0.717) is 13.0 Å². The first-order valence-electron chi connectivity index (χ1n) is 6.72. The van der Waals surface area contributed by atoms with Crippen molar-refractivity contribution in [1.29, 1.82) is 0 Å². The Morgan fingerprint density at radius 1 is 1.24 bits per heavy atom. The van der Waals surface area contributed by atoms with Gasteiger partial charge in [-0.3, -0.25) is 9.59 Å². The van der Waals surface area contributed by atoms with Gasteiger partial charge < -0.3 is 9.80 Å². The molecule has 17 heavy (non-hydrogen) atoms. The summed E-state index contributed by atoms with van der Waals surface area (Å²) in [7, 11) is 0. The molecule has 4 nitrogen and oxygen atoms in total. The van der Waals surface area contributed by atoms with Crippen molar-refractivity contribution in [1.82, 2.24) is 9.80 Å². The molecular formula is C13H22N2O2. The fourth-order valence-electron chi connectivity index (χ4n) is 2.55. The van der Waals surface area contributed by atoms with E-state index in [-0.39, 0.29) is 11.8 Å². The van der Waals surface area contributed by atoms with Crippen molar-refractivity contribution < 1.29 is 9.59 Å². The highest BCUT2D eigenvalue weighted by molar-refractivity contribution is 5.85. The van der Waals surface area contributed by atoms with Crippen LogP contribution in [0.2, 0.25) is 0 Å². The average Bonchev–Trinajstić information content (AvgIpc) is 2.33. The molecule has 0 saturated carbocycles. The lowest BCUT2D eigenvalue weighted by Gasteiger charge is -2.33. The molecule has 0 aliphatic carbocycles. The van der Waals surface area contributed by atoms with E-state index in [9.17, 15) is 9.59 Å². The number of rotatable bonds is 2. The van der Waals surface area contributed by atoms with Crippen LogP contribution in [0.3, 0.4) is 0 Å². The molecule has 0 aromatic heterocycles. The fourth-order valence-corrected chi connectivity index (χ4v) is 2.55. The molecule has 2 saturated heterocycles. The Morgan fingerprint density at radius 3 is 2.59 bits per heavy atom. The number of hydrogen-bond donors (Lipinski definition) is 0. The van der Waals surface area contributed by atoms with Crippen molar-refractivity contribution in [2.24, 2.45) is 5.92 Å². The minimum absolute atomic E-state index is 0.132. The zero-order valence-electron chi connectivity index (χ0n) is 10.7. The molecule has 2 rings (SSSR count). The van der Waals surface area contributed by atoms with Gasteiger partial charge in [0.1, 0.15) is 0 Å². The number of likely N-dealkylation sites (tertiary alicyclic amines) is 2. The molecule has 4 heteroatoms. The number of amides is 2. The van der Waals surface area contributed by atoms with Gasteiger partial charge in [-0.05, 0) is 31.6 Å². The number of carbonyl (C=O) groups is 2. The minimum atomic E-state index is 0.132. The summed E-state index contributed by atoms with van der Waals surface area (Å²) >= 11 is 0. The summed E-state index contributed by atoms with van der Waals surface area (Å²) in [6.07, 6.45) is 4.82. The van der Waals surface area contributed by atoms with Gasteiger partial charge in [0.05, 0.1) is 6.54 Å². The number of carbonyl (C=O) groups excluding carboxylic acids is 2. The Kier molecular flexibility index (Phi) is 4.02. The van der Waals surface area contributed by atoms with Crippen LogP contribution < -0.4 is 0 Å². The van der Waals surface area contributed by atoms with Crippen LogP contribution in [-0.4, -0.2) is 47.8 Å².